The van der Waals surface area contributed by atoms with Gasteiger partial charge in [0.15, 0.2) is 12.2 Å². The summed E-state index contributed by atoms with van der Waals surface area (Å²) in [5.74, 6) is 0.121. The molecule has 0 aliphatic rings. The zero-order chi connectivity index (χ0) is 68.7. The van der Waals surface area contributed by atoms with E-state index in [1.807, 2.05) is 0 Å². The SMILES string of the molecule is CCCCCC/C=C\C=C/CCCCCCCC(=O)O[C@H](COC(=O)CCCCCCCCCC(C)C)COP(=O)(O)OCC(O)COP(=O)(O)OC[C@@H](COC(=O)CCCCCCCCC(C)CC)OC(=O)CCCCCCCCCCCCCCCCC(C)CC. The Bertz CT molecular complexity index is 1920. The number of ether oxygens (including phenoxy) is 4. The second-order valence-corrected chi connectivity index (χ2v) is 29.9. The predicted octanol–water partition coefficient (Wildman–Crippen LogP) is 21.0. The lowest BCUT2D eigenvalue weighted by atomic mass is 9.99. The van der Waals surface area contributed by atoms with Gasteiger partial charge in [0, 0.05) is 25.7 Å². The summed E-state index contributed by atoms with van der Waals surface area (Å²) in [6, 6.07) is 0. The first-order chi connectivity index (χ1) is 44.8. The van der Waals surface area contributed by atoms with E-state index in [9.17, 15) is 43.2 Å². The van der Waals surface area contributed by atoms with Crippen LogP contribution in [-0.4, -0.2) is 96.7 Å². The van der Waals surface area contributed by atoms with Gasteiger partial charge in [-0.1, -0.05) is 297 Å². The van der Waals surface area contributed by atoms with Crippen LogP contribution in [0.1, 0.15) is 350 Å². The summed E-state index contributed by atoms with van der Waals surface area (Å²) in [7, 11) is -9.92. The molecule has 0 aromatic carbocycles. The average Bonchev–Trinajstić information content (AvgIpc) is 2.46. The predicted molar refractivity (Wildman–Crippen MR) is 377 cm³/mol. The normalized spacial score (nSPS) is 14.9. The lowest BCUT2D eigenvalue weighted by Gasteiger charge is -2.21. The van der Waals surface area contributed by atoms with Gasteiger partial charge < -0.3 is 33.8 Å². The van der Waals surface area contributed by atoms with Gasteiger partial charge in [0.1, 0.15) is 19.3 Å². The molecule has 0 rings (SSSR count). The minimum Gasteiger partial charge on any atom is -0.462 e. The van der Waals surface area contributed by atoms with Crippen LogP contribution in [0.5, 0.6) is 0 Å². The van der Waals surface area contributed by atoms with Crippen molar-refractivity contribution in [3.8, 4) is 0 Å². The molecule has 0 aliphatic heterocycles. The molecule has 7 atom stereocenters. The first-order valence-corrected chi connectivity index (χ1v) is 40.7. The monoisotopic (exact) mass is 1360 g/mol. The number of aliphatic hydroxyl groups excluding tert-OH is 1. The van der Waals surface area contributed by atoms with Gasteiger partial charge in [-0.05, 0) is 69.1 Å². The second-order valence-electron chi connectivity index (χ2n) is 27.0. The van der Waals surface area contributed by atoms with E-state index in [4.69, 9.17) is 37.0 Å². The Morgan fingerprint density at radius 1 is 0.355 bits per heavy atom. The fourth-order valence-corrected chi connectivity index (χ4v) is 12.2. The number of carbonyl (C=O) groups is 4. The molecule has 93 heavy (non-hydrogen) atoms. The van der Waals surface area contributed by atoms with Gasteiger partial charge >= 0.3 is 39.5 Å². The number of aliphatic hydroxyl groups is 1. The molecular formula is C74H140O17P2. The Kier molecular flexibility index (Phi) is 62.5. The zero-order valence-corrected chi connectivity index (χ0v) is 62.0. The number of hydrogen-bond acceptors (Lipinski definition) is 15. The molecule has 0 saturated carbocycles. The van der Waals surface area contributed by atoms with Crippen LogP contribution in [0.2, 0.25) is 0 Å². The van der Waals surface area contributed by atoms with E-state index >= 15 is 0 Å². The Balaban J connectivity index is 5.26. The maximum absolute atomic E-state index is 13.0. The smallest absolute Gasteiger partial charge is 0.462 e. The number of hydrogen-bond donors (Lipinski definition) is 3. The van der Waals surface area contributed by atoms with Gasteiger partial charge in [0.2, 0.25) is 0 Å². The molecule has 0 heterocycles. The fraction of sp³-hybridized carbons (Fsp3) is 0.892. The number of phosphoric ester groups is 2. The average molecular weight is 1360 g/mol. The molecule has 17 nitrogen and oxygen atoms in total. The van der Waals surface area contributed by atoms with Crippen LogP contribution in [0.15, 0.2) is 24.3 Å². The highest BCUT2D eigenvalue weighted by molar-refractivity contribution is 7.47. The highest BCUT2D eigenvalue weighted by Gasteiger charge is 2.30. The van der Waals surface area contributed by atoms with Crippen LogP contribution in [0.3, 0.4) is 0 Å². The number of carbonyl (C=O) groups excluding carboxylic acids is 4. The van der Waals surface area contributed by atoms with Gasteiger partial charge in [-0.25, -0.2) is 9.13 Å². The summed E-state index contributed by atoms with van der Waals surface area (Å²) in [6.07, 6.45) is 52.2. The van der Waals surface area contributed by atoms with Crippen molar-refractivity contribution < 1.29 is 80.2 Å². The van der Waals surface area contributed by atoms with Crippen molar-refractivity contribution in [1.29, 1.82) is 0 Å². The summed E-state index contributed by atoms with van der Waals surface area (Å²) in [6.45, 7) is 11.8. The standard InChI is InChI=1S/C74H140O17P2/c1-8-11-12-13-14-15-16-17-18-22-25-28-33-43-50-57-73(78)90-69(61-84-71(76)55-48-41-35-30-31-38-45-52-65(4)5)63-88-92(80,81)86-59-68(75)60-87-93(82,83)89-64-70(62-85-72(77)56-49-42-37-36-40-47-54-67(7)10-3)91-74(79)58-51-44-34-29-26-23-20-19-21-24-27-32-39-46-53-66(6)9-2/h15-18,65-70,75H,8-14,19-64H2,1-7H3,(H,80,81)(H,82,83)/b16-15-,18-17-/t66?,67?,68?,69-,70-/m1/s1. The minimum absolute atomic E-state index is 0.0838. The molecule has 548 valence electrons. The van der Waals surface area contributed by atoms with Crippen LogP contribution in [0.25, 0.3) is 0 Å². The maximum atomic E-state index is 13.0. The third-order valence-electron chi connectivity index (χ3n) is 17.2. The molecule has 0 fully saturated rings. The zero-order valence-electron chi connectivity index (χ0n) is 60.2. The first kappa shape index (κ1) is 90.5. The van der Waals surface area contributed by atoms with Crippen LogP contribution in [0.4, 0.5) is 0 Å². The van der Waals surface area contributed by atoms with Gasteiger partial charge in [0.05, 0.1) is 26.4 Å². The number of unbranched alkanes of at least 4 members (excludes halogenated alkanes) is 33. The van der Waals surface area contributed by atoms with Gasteiger partial charge in [0.25, 0.3) is 0 Å². The second kappa shape index (κ2) is 64.2. The Labute approximate surface area is 567 Å². The summed E-state index contributed by atoms with van der Waals surface area (Å²) in [5.41, 5.74) is 0. The maximum Gasteiger partial charge on any atom is 0.472 e. The quantitative estimate of drug-likeness (QED) is 0.0169. The van der Waals surface area contributed by atoms with Gasteiger partial charge in [-0.3, -0.25) is 37.3 Å². The fourth-order valence-electron chi connectivity index (χ4n) is 10.6. The largest absolute Gasteiger partial charge is 0.472 e. The van der Waals surface area contributed by atoms with E-state index in [1.54, 1.807) is 0 Å². The lowest BCUT2D eigenvalue weighted by Crippen LogP contribution is -2.30. The molecule has 3 N–H and O–H groups in total. The molecule has 0 aromatic heterocycles. The van der Waals surface area contributed by atoms with E-state index in [-0.39, 0.29) is 25.7 Å². The van der Waals surface area contributed by atoms with E-state index in [0.717, 1.165) is 127 Å². The molecule has 0 saturated heterocycles. The van der Waals surface area contributed by atoms with Gasteiger partial charge in [-0.2, -0.15) is 0 Å². The topological polar surface area (TPSA) is 237 Å². The molecule has 0 amide bonds. The number of allylic oxidation sites excluding steroid dienone is 4. The summed E-state index contributed by atoms with van der Waals surface area (Å²) in [5, 5.41) is 10.6. The highest BCUT2D eigenvalue weighted by Crippen LogP contribution is 2.45. The minimum atomic E-state index is -4.96. The van der Waals surface area contributed by atoms with Crippen molar-refractivity contribution in [2.24, 2.45) is 17.8 Å². The number of esters is 4. The number of rotatable bonds is 70. The molecule has 0 aliphatic carbocycles. The van der Waals surface area contributed by atoms with Crippen molar-refractivity contribution in [1.82, 2.24) is 0 Å². The van der Waals surface area contributed by atoms with Crippen LogP contribution >= 0.6 is 15.6 Å². The van der Waals surface area contributed by atoms with Crippen molar-refractivity contribution in [3.63, 3.8) is 0 Å². The molecular weight excluding hydrogens is 1220 g/mol. The van der Waals surface area contributed by atoms with Crippen LogP contribution in [0, 0.1) is 17.8 Å². The Morgan fingerprint density at radius 3 is 0.957 bits per heavy atom. The molecule has 19 heteroatoms. The van der Waals surface area contributed by atoms with E-state index in [2.05, 4.69) is 72.8 Å². The van der Waals surface area contributed by atoms with Crippen molar-refractivity contribution >= 4 is 39.5 Å². The van der Waals surface area contributed by atoms with Crippen molar-refractivity contribution in [2.75, 3.05) is 39.6 Å². The summed E-state index contributed by atoms with van der Waals surface area (Å²) in [4.78, 5) is 72.6. The molecule has 0 spiro atoms. The molecule has 0 bridgehead atoms. The van der Waals surface area contributed by atoms with E-state index < -0.39 is 97.5 Å². The van der Waals surface area contributed by atoms with Crippen molar-refractivity contribution in [2.45, 2.75) is 369 Å². The van der Waals surface area contributed by atoms with Crippen LogP contribution < -0.4 is 0 Å². The third-order valence-corrected chi connectivity index (χ3v) is 19.1. The first-order valence-electron chi connectivity index (χ1n) is 37.7. The highest BCUT2D eigenvalue weighted by atomic mass is 31.2. The van der Waals surface area contributed by atoms with E-state index in [1.165, 1.54) is 135 Å². The number of phosphoric acid groups is 2. The summed E-state index contributed by atoms with van der Waals surface area (Å²) < 4.78 is 68.4. The Morgan fingerprint density at radius 2 is 0.634 bits per heavy atom. The summed E-state index contributed by atoms with van der Waals surface area (Å²) >= 11 is 0. The Hall–Kier alpha value is -2.46. The van der Waals surface area contributed by atoms with Crippen molar-refractivity contribution in [3.05, 3.63) is 24.3 Å². The van der Waals surface area contributed by atoms with Crippen LogP contribution in [-0.2, 0) is 65.4 Å². The lowest BCUT2D eigenvalue weighted by molar-refractivity contribution is -0.161. The molecule has 5 unspecified atom stereocenters. The third kappa shape index (κ3) is 65.3. The van der Waals surface area contributed by atoms with E-state index in [0.29, 0.717) is 31.6 Å². The van der Waals surface area contributed by atoms with Gasteiger partial charge in [-0.15, -0.1) is 0 Å². The molecule has 0 radical (unpaired) electrons. The molecule has 0 aromatic rings.